The Balaban J connectivity index is 1.77. The van der Waals surface area contributed by atoms with Gasteiger partial charge in [-0.15, -0.1) is 0 Å². The Morgan fingerprint density at radius 2 is 1.89 bits per heavy atom. The number of hydrogen-bond donors (Lipinski definition) is 2. The van der Waals surface area contributed by atoms with E-state index >= 15 is 0 Å². The highest BCUT2D eigenvalue weighted by Crippen LogP contribution is 2.29. The number of nitrogens with one attached hydrogen (secondary N) is 2. The summed E-state index contributed by atoms with van der Waals surface area (Å²) in [5, 5.41) is 5.89. The van der Waals surface area contributed by atoms with E-state index in [1.807, 2.05) is 31.2 Å². The lowest BCUT2D eigenvalue weighted by Gasteiger charge is -2.12. The molecule has 27 heavy (non-hydrogen) atoms. The predicted molar refractivity (Wildman–Crippen MR) is 104 cm³/mol. The highest BCUT2D eigenvalue weighted by molar-refractivity contribution is 6.03. The molecule has 7 nitrogen and oxygen atoms in total. The van der Waals surface area contributed by atoms with Gasteiger partial charge in [0.25, 0.3) is 5.91 Å². The van der Waals surface area contributed by atoms with E-state index in [0.717, 1.165) is 11.3 Å². The molecule has 0 unspecified atom stereocenters. The molecule has 1 amide bonds. The Labute approximate surface area is 157 Å². The van der Waals surface area contributed by atoms with Gasteiger partial charge >= 0.3 is 0 Å². The molecule has 0 aliphatic rings. The van der Waals surface area contributed by atoms with Crippen molar-refractivity contribution < 1.29 is 14.3 Å². The largest absolute Gasteiger partial charge is 0.497 e. The molecule has 0 atom stereocenters. The van der Waals surface area contributed by atoms with Crippen LogP contribution in [0.3, 0.4) is 0 Å². The Kier molecular flexibility index (Phi) is 5.51. The molecule has 0 aliphatic carbocycles. The Bertz CT molecular complexity index is 959. The number of aryl methyl sites for hydroxylation is 1. The van der Waals surface area contributed by atoms with Gasteiger partial charge in [-0.3, -0.25) is 4.79 Å². The molecule has 138 valence electrons. The van der Waals surface area contributed by atoms with Crippen LogP contribution in [0.1, 0.15) is 16.1 Å². The molecule has 0 bridgehead atoms. The standard InChI is InChI=1S/C20H20N4O3/c1-13-5-4-6-14(11-13)22-20-21-10-9-17(24-20)19(25)23-16-8-7-15(26-2)12-18(16)27-3/h4-12H,1-3H3,(H,23,25)(H,21,22,24). The van der Waals surface area contributed by atoms with Gasteiger partial charge in [0.1, 0.15) is 17.2 Å². The van der Waals surface area contributed by atoms with E-state index in [-0.39, 0.29) is 11.6 Å². The normalized spacial score (nSPS) is 10.2. The quantitative estimate of drug-likeness (QED) is 0.692. The van der Waals surface area contributed by atoms with E-state index in [1.54, 1.807) is 31.4 Å². The molecule has 3 rings (SSSR count). The van der Waals surface area contributed by atoms with Crippen LogP contribution in [0.2, 0.25) is 0 Å². The highest BCUT2D eigenvalue weighted by Gasteiger charge is 2.13. The molecule has 1 aromatic heterocycles. The number of aromatic nitrogens is 2. The Morgan fingerprint density at radius 3 is 2.63 bits per heavy atom. The molecule has 0 spiro atoms. The van der Waals surface area contributed by atoms with Crippen LogP contribution in [0.4, 0.5) is 17.3 Å². The van der Waals surface area contributed by atoms with Crippen LogP contribution in [-0.2, 0) is 0 Å². The van der Waals surface area contributed by atoms with Crippen LogP contribution in [0.25, 0.3) is 0 Å². The zero-order chi connectivity index (χ0) is 19.2. The van der Waals surface area contributed by atoms with Gasteiger partial charge in [0, 0.05) is 18.0 Å². The molecule has 0 aliphatic heterocycles. The number of rotatable bonds is 6. The van der Waals surface area contributed by atoms with Gasteiger partial charge in [-0.1, -0.05) is 12.1 Å². The van der Waals surface area contributed by atoms with Crippen molar-refractivity contribution in [2.45, 2.75) is 6.92 Å². The Hall–Kier alpha value is -3.61. The summed E-state index contributed by atoms with van der Waals surface area (Å²) in [4.78, 5) is 21.0. The molecule has 0 saturated carbocycles. The van der Waals surface area contributed by atoms with E-state index in [4.69, 9.17) is 9.47 Å². The molecule has 2 aromatic carbocycles. The number of methoxy groups -OCH3 is 2. The first kappa shape index (κ1) is 18.2. The van der Waals surface area contributed by atoms with Crippen molar-refractivity contribution in [2.24, 2.45) is 0 Å². The third-order valence-electron chi connectivity index (χ3n) is 3.82. The van der Waals surface area contributed by atoms with E-state index in [2.05, 4.69) is 20.6 Å². The predicted octanol–water partition coefficient (Wildman–Crippen LogP) is 3.80. The number of benzene rings is 2. The minimum absolute atomic E-state index is 0.234. The summed E-state index contributed by atoms with van der Waals surface area (Å²) < 4.78 is 10.5. The summed E-state index contributed by atoms with van der Waals surface area (Å²) in [6.07, 6.45) is 1.53. The summed E-state index contributed by atoms with van der Waals surface area (Å²) in [6.45, 7) is 2.00. The summed E-state index contributed by atoms with van der Waals surface area (Å²) in [5.74, 6) is 1.11. The number of nitrogens with zero attached hydrogens (tertiary/aromatic N) is 2. The molecular formula is C20H20N4O3. The zero-order valence-electron chi connectivity index (χ0n) is 15.3. The van der Waals surface area contributed by atoms with Crippen LogP contribution in [-0.4, -0.2) is 30.1 Å². The number of ether oxygens (including phenoxy) is 2. The Morgan fingerprint density at radius 1 is 1.04 bits per heavy atom. The van der Waals surface area contributed by atoms with Crippen LogP contribution < -0.4 is 20.1 Å². The van der Waals surface area contributed by atoms with E-state index in [0.29, 0.717) is 23.1 Å². The van der Waals surface area contributed by atoms with Crippen molar-refractivity contribution >= 4 is 23.2 Å². The number of anilines is 3. The van der Waals surface area contributed by atoms with Gasteiger partial charge < -0.3 is 20.1 Å². The van der Waals surface area contributed by atoms with Gasteiger partial charge in [0.2, 0.25) is 5.95 Å². The van der Waals surface area contributed by atoms with Crippen molar-refractivity contribution in [1.82, 2.24) is 9.97 Å². The van der Waals surface area contributed by atoms with Gasteiger partial charge in [0.15, 0.2) is 0 Å². The number of amides is 1. The number of carbonyl (C=O) groups is 1. The number of hydrogen-bond acceptors (Lipinski definition) is 6. The third-order valence-corrected chi connectivity index (χ3v) is 3.82. The average molecular weight is 364 g/mol. The molecule has 3 aromatic rings. The fourth-order valence-corrected chi connectivity index (χ4v) is 2.49. The summed E-state index contributed by atoms with van der Waals surface area (Å²) in [6, 6.07) is 14.5. The zero-order valence-corrected chi connectivity index (χ0v) is 15.3. The highest BCUT2D eigenvalue weighted by atomic mass is 16.5. The molecule has 1 heterocycles. The lowest BCUT2D eigenvalue weighted by molar-refractivity contribution is 0.102. The summed E-state index contributed by atoms with van der Waals surface area (Å²) >= 11 is 0. The molecule has 2 N–H and O–H groups in total. The second-order valence-corrected chi connectivity index (χ2v) is 5.78. The van der Waals surface area contributed by atoms with Crippen LogP contribution in [0.5, 0.6) is 11.5 Å². The van der Waals surface area contributed by atoms with Gasteiger partial charge in [-0.2, -0.15) is 0 Å². The third kappa shape index (κ3) is 4.52. The van der Waals surface area contributed by atoms with Crippen molar-refractivity contribution in [2.75, 3.05) is 24.9 Å². The summed E-state index contributed by atoms with van der Waals surface area (Å²) in [7, 11) is 3.09. The second kappa shape index (κ2) is 8.18. The lowest BCUT2D eigenvalue weighted by Crippen LogP contribution is -2.15. The minimum Gasteiger partial charge on any atom is -0.497 e. The topological polar surface area (TPSA) is 85.4 Å². The van der Waals surface area contributed by atoms with E-state index < -0.39 is 0 Å². The van der Waals surface area contributed by atoms with Crippen molar-refractivity contribution in [3.05, 3.63) is 66.0 Å². The van der Waals surface area contributed by atoms with Crippen LogP contribution in [0.15, 0.2) is 54.7 Å². The van der Waals surface area contributed by atoms with Gasteiger partial charge in [0.05, 0.1) is 19.9 Å². The second-order valence-electron chi connectivity index (χ2n) is 5.78. The first-order valence-corrected chi connectivity index (χ1v) is 8.29. The smallest absolute Gasteiger partial charge is 0.274 e. The maximum Gasteiger partial charge on any atom is 0.274 e. The van der Waals surface area contributed by atoms with E-state index in [9.17, 15) is 4.79 Å². The first-order chi connectivity index (χ1) is 13.1. The van der Waals surface area contributed by atoms with Crippen LogP contribution in [0, 0.1) is 6.92 Å². The van der Waals surface area contributed by atoms with E-state index in [1.165, 1.54) is 13.3 Å². The molecule has 0 saturated heterocycles. The van der Waals surface area contributed by atoms with Crippen molar-refractivity contribution in [3.63, 3.8) is 0 Å². The van der Waals surface area contributed by atoms with Crippen molar-refractivity contribution in [1.29, 1.82) is 0 Å². The first-order valence-electron chi connectivity index (χ1n) is 8.29. The number of carbonyl (C=O) groups excluding carboxylic acids is 1. The SMILES string of the molecule is COc1ccc(NC(=O)c2ccnc(Nc3cccc(C)c3)n2)c(OC)c1. The molecular weight excluding hydrogens is 344 g/mol. The maximum atomic E-state index is 12.6. The average Bonchev–Trinajstić information content (AvgIpc) is 2.68. The molecule has 0 radical (unpaired) electrons. The van der Waals surface area contributed by atoms with Gasteiger partial charge in [-0.25, -0.2) is 9.97 Å². The van der Waals surface area contributed by atoms with Crippen LogP contribution >= 0.6 is 0 Å². The maximum absolute atomic E-state index is 12.6. The molecule has 0 fully saturated rings. The fourth-order valence-electron chi connectivity index (χ4n) is 2.49. The van der Waals surface area contributed by atoms with Gasteiger partial charge in [-0.05, 0) is 42.8 Å². The fraction of sp³-hybridized carbons (Fsp3) is 0.150. The lowest BCUT2D eigenvalue weighted by atomic mass is 10.2. The minimum atomic E-state index is -0.367. The molecule has 7 heteroatoms. The monoisotopic (exact) mass is 364 g/mol. The van der Waals surface area contributed by atoms with Crippen molar-refractivity contribution in [3.8, 4) is 11.5 Å². The summed E-state index contributed by atoms with van der Waals surface area (Å²) in [5.41, 5.74) is 2.72.